The molecule has 1 saturated carbocycles. The lowest BCUT2D eigenvalue weighted by molar-refractivity contribution is 0.652. The van der Waals surface area contributed by atoms with Gasteiger partial charge in [0.1, 0.15) is 5.00 Å². The molecule has 1 aliphatic rings. The predicted molar refractivity (Wildman–Crippen MR) is 57.2 cm³/mol. The van der Waals surface area contributed by atoms with E-state index in [1.807, 2.05) is 0 Å². The van der Waals surface area contributed by atoms with Gasteiger partial charge in [0.25, 0.3) is 0 Å². The summed E-state index contributed by atoms with van der Waals surface area (Å²) in [6, 6.07) is 0.686. The summed E-state index contributed by atoms with van der Waals surface area (Å²) >= 11 is 1.58. The second-order valence-electron chi connectivity index (χ2n) is 3.59. The molecule has 0 bridgehead atoms. The smallest absolute Gasteiger partial charge is 0.187 e. The number of nitrogens with two attached hydrogens (primary N) is 1. The topological polar surface area (TPSA) is 42.2 Å². The molecule has 2 N–H and O–H groups in total. The maximum Gasteiger partial charge on any atom is 0.187 e. The number of anilines is 2. The van der Waals surface area contributed by atoms with Crippen molar-refractivity contribution in [1.82, 2.24) is 4.98 Å². The number of hydrogen-bond donors (Lipinski definition) is 1. The molecule has 0 amide bonds. The summed E-state index contributed by atoms with van der Waals surface area (Å²) in [4.78, 5) is 6.55. The summed E-state index contributed by atoms with van der Waals surface area (Å²) in [5.74, 6) is 0. The van der Waals surface area contributed by atoms with Crippen LogP contribution >= 0.6 is 11.3 Å². The molecule has 0 aliphatic heterocycles. The van der Waals surface area contributed by atoms with E-state index >= 15 is 0 Å². The molecule has 0 spiro atoms. The Bertz CT molecular complexity index is 278. The van der Waals surface area contributed by atoms with Crippen molar-refractivity contribution in [1.29, 1.82) is 0 Å². The molecule has 0 unspecified atom stereocenters. The third-order valence-corrected chi connectivity index (χ3v) is 3.60. The fourth-order valence-corrected chi connectivity index (χ4v) is 2.60. The average Bonchev–Trinajstić information content (AvgIpc) is 2.72. The van der Waals surface area contributed by atoms with Gasteiger partial charge in [-0.1, -0.05) is 24.2 Å². The SMILES string of the molecule is CN(c1ncc(N)s1)C1CCCC1. The first-order chi connectivity index (χ1) is 6.27. The lowest BCUT2D eigenvalue weighted by atomic mass is 10.2. The van der Waals surface area contributed by atoms with E-state index in [1.165, 1.54) is 25.7 Å². The minimum atomic E-state index is 0.686. The zero-order valence-electron chi connectivity index (χ0n) is 7.86. The largest absolute Gasteiger partial charge is 0.389 e. The second kappa shape index (κ2) is 3.54. The fourth-order valence-electron chi connectivity index (χ4n) is 1.89. The van der Waals surface area contributed by atoms with E-state index < -0.39 is 0 Å². The van der Waals surface area contributed by atoms with Gasteiger partial charge in [0.2, 0.25) is 0 Å². The maximum absolute atomic E-state index is 5.64. The molecule has 0 saturated heterocycles. The van der Waals surface area contributed by atoms with E-state index in [0.717, 1.165) is 10.1 Å². The van der Waals surface area contributed by atoms with Gasteiger partial charge in [0.05, 0.1) is 6.20 Å². The Kier molecular flexibility index (Phi) is 2.40. The molecule has 13 heavy (non-hydrogen) atoms. The zero-order valence-corrected chi connectivity index (χ0v) is 8.68. The number of rotatable bonds is 2. The van der Waals surface area contributed by atoms with Crippen molar-refractivity contribution in [3.05, 3.63) is 6.20 Å². The van der Waals surface area contributed by atoms with Gasteiger partial charge < -0.3 is 10.6 Å². The minimum absolute atomic E-state index is 0.686. The van der Waals surface area contributed by atoms with E-state index in [9.17, 15) is 0 Å². The van der Waals surface area contributed by atoms with Crippen LogP contribution in [-0.2, 0) is 0 Å². The van der Waals surface area contributed by atoms with Crippen LogP contribution in [0, 0.1) is 0 Å². The summed E-state index contributed by atoms with van der Waals surface area (Å²) in [5, 5.41) is 1.87. The van der Waals surface area contributed by atoms with Crippen molar-refractivity contribution >= 4 is 21.5 Å². The van der Waals surface area contributed by atoms with E-state index in [0.29, 0.717) is 6.04 Å². The minimum Gasteiger partial charge on any atom is -0.389 e. The Morgan fingerprint density at radius 1 is 1.54 bits per heavy atom. The van der Waals surface area contributed by atoms with Crippen molar-refractivity contribution in [3.63, 3.8) is 0 Å². The van der Waals surface area contributed by atoms with Gasteiger partial charge in [-0.2, -0.15) is 0 Å². The van der Waals surface area contributed by atoms with Crippen LogP contribution in [-0.4, -0.2) is 18.1 Å². The Labute approximate surface area is 82.6 Å². The Morgan fingerprint density at radius 3 is 2.77 bits per heavy atom. The van der Waals surface area contributed by atoms with E-state index in [4.69, 9.17) is 5.73 Å². The van der Waals surface area contributed by atoms with Crippen molar-refractivity contribution in [3.8, 4) is 0 Å². The lowest BCUT2D eigenvalue weighted by Crippen LogP contribution is -2.28. The molecular formula is C9H15N3S. The molecule has 1 aliphatic carbocycles. The summed E-state index contributed by atoms with van der Waals surface area (Å²) in [6.07, 6.45) is 7.06. The second-order valence-corrected chi connectivity index (χ2v) is 4.64. The molecule has 1 aromatic rings. The molecule has 2 rings (SSSR count). The predicted octanol–water partition coefficient (Wildman–Crippen LogP) is 2.10. The van der Waals surface area contributed by atoms with Crippen LogP contribution in [0.4, 0.5) is 10.1 Å². The van der Waals surface area contributed by atoms with E-state index in [2.05, 4.69) is 16.9 Å². The van der Waals surface area contributed by atoms with Gasteiger partial charge in [0, 0.05) is 13.1 Å². The third kappa shape index (κ3) is 1.77. The summed E-state index contributed by atoms with van der Waals surface area (Å²) in [6.45, 7) is 0. The highest BCUT2D eigenvalue weighted by Gasteiger charge is 2.21. The average molecular weight is 197 g/mol. The highest BCUT2D eigenvalue weighted by atomic mass is 32.1. The van der Waals surface area contributed by atoms with Crippen LogP contribution in [0.25, 0.3) is 0 Å². The third-order valence-electron chi connectivity index (χ3n) is 2.69. The maximum atomic E-state index is 5.64. The molecule has 0 atom stereocenters. The van der Waals surface area contributed by atoms with E-state index in [1.54, 1.807) is 17.5 Å². The molecule has 1 heterocycles. The number of nitrogens with zero attached hydrogens (tertiary/aromatic N) is 2. The van der Waals surface area contributed by atoms with Crippen molar-refractivity contribution in [2.24, 2.45) is 0 Å². The van der Waals surface area contributed by atoms with Crippen LogP contribution in [0.5, 0.6) is 0 Å². The number of hydrogen-bond acceptors (Lipinski definition) is 4. The molecule has 3 nitrogen and oxygen atoms in total. The van der Waals surface area contributed by atoms with Gasteiger partial charge in [-0.3, -0.25) is 0 Å². The number of nitrogen functional groups attached to an aromatic ring is 1. The van der Waals surface area contributed by atoms with Crippen LogP contribution in [0.1, 0.15) is 25.7 Å². The first kappa shape index (κ1) is 8.81. The number of thiazole rings is 1. The Balaban J connectivity index is 2.07. The molecule has 1 fully saturated rings. The fraction of sp³-hybridized carbons (Fsp3) is 0.667. The highest BCUT2D eigenvalue weighted by Crippen LogP contribution is 2.30. The van der Waals surface area contributed by atoms with Gasteiger partial charge in [-0.05, 0) is 12.8 Å². The molecular weight excluding hydrogens is 182 g/mol. The van der Waals surface area contributed by atoms with Gasteiger partial charge in [-0.25, -0.2) is 4.98 Å². The summed E-state index contributed by atoms with van der Waals surface area (Å²) < 4.78 is 0. The standard InChI is InChI=1S/C9H15N3S/c1-12(7-4-2-3-5-7)9-11-6-8(10)13-9/h6-7H,2-5,10H2,1H3. The monoisotopic (exact) mass is 197 g/mol. The van der Waals surface area contributed by atoms with Crippen LogP contribution in [0.2, 0.25) is 0 Å². The highest BCUT2D eigenvalue weighted by molar-refractivity contribution is 7.19. The molecule has 72 valence electrons. The lowest BCUT2D eigenvalue weighted by Gasteiger charge is -2.23. The van der Waals surface area contributed by atoms with Gasteiger partial charge >= 0.3 is 0 Å². The van der Waals surface area contributed by atoms with Crippen LogP contribution in [0.15, 0.2) is 6.20 Å². The molecule has 1 aromatic heterocycles. The van der Waals surface area contributed by atoms with Crippen molar-refractivity contribution < 1.29 is 0 Å². The van der Waals surface area contributed by atoms with Crippen molar-refractivity contribution in [2.45, 2.75) is 31.7 Å². The Morgan fingerprint density at radius 2 is 2.23 bits per heavy atom. The summed E-state index contributed by atoms with van der Waals surface area (Å²) in [7, 11) is 2.12. The summed E-state index contributed by atoms with van der Waals surface area (Å²) in [5.41, 5.74) is 5.64. The van der Waals surface area contributed by atoms with Gasteiger partial charge in [-0.15, -0.1) is 0 Å². The Hall–Kier alpha value is -0.770. The molecule has 0 aromatic carbocycles. The normalized spacial score (nSPS) is 17.9. The molecule has 4 heteroatoms. The van der Waals surface area contributed by atoms with E-state index in [-0.39, 0.29) is 0 Å². The van der Waals surface area contributed by atoms with Crippen molar-refractivity contribution in [2.75, 3.05) is 17.7 Å². The molecule has 0 radical (unpaired) electrons. The zero-order chi connectivity index (χ0) is 9.26. The van der Waals surface area contributed by atoms with Gasteiger partial charge in [0.15, 0.2) is 5.13 Å². The first-order valence-corrected chi connectivity index (χ1v) is 5.53. The van der Waals surface area contributed by atoms with Crippen LogP contribution in [0.3, 0.4) is 0 Å². The quantitative estimate of drug-likeness (QED) is 0.789. The first-order valence-electron chi connectivity index (χ1n) is 4.71. The number of aromatic nitrogens is 1. The van der Waals surface area contributed by atoms with Crippen LogP contribution < -0.4 is 10.6 Å².